The van der Waals surface area contributed by atoms with Crippen LogP contribution in [0.3, 0.4) is 0 Å². The van der Waals surface area contributed by atoms with Crippen molar-refractivity contribution < 1.29 is 13.9 Å². The standard InChI is InChI=1S/Ni.3S.Sn. The first kappa shape index (κ1) is 10.0. The Balaban J connectivity index is 0. The van der Waals surface area contributed by atoms with E-state index < -0.39 is 17.3 Å². The zero-order valence-corrected chi connectivity index (χ0v) is 8.33. The van der Waals surface area contributed by atoms with Gasteiger partial charge >= 0.3 is 60.4 Å². The zero-order chi connectivity index (χ0) is 4.71. The molecule has 0 unspecified atom stereocenters. The van der Waals surface area contributed by atoms with Gasteiger partial charge in [0.05, 0.1) is 0 Å². The van der Waals surface area contributed by atoms with Crippen molar-refractivity contribution in [2.75, 3.05) is 0 Å². The van der Waals surface area contributed by atoms with E-state index in [1.165, 1.54) is 0 Å². The summed E-state index contributed by atoms with van der Waals surface area (Å²) in [6, 6.07) is 0. The van der Waals surface area contributed by atoms with Gasteiger partial charge in [-0.2, -0.15) is 0 Å². The molecule has 0 aromatic carbocycles. The van der Waals surface area contributed by atoms with Gasteiger partial charge in [-0.25, -0.2) is 0 Å². The second-order valence-corrected chi connectivity index (χ2v) is 5.03. The Morgan fingerprint density at radius 2 is 1.20 bits per heavy atom. The third-order valence-electron chi connectivity index (χ3n) is 0. The molecule has 0 aliphatic carbocycles. The first-order chi connectivity index (χ1) is 2.41. The van der Waals surface area contributed by atoms with Gasteiger partial charge in [-0.3, -0.25) is 0 Å². The molecule has 0 fully saturated rings. The van der Waals surface area contributed by atoms with Crippen LogP contribution in [0, 0.1) is 0 Å². The van der Waals surface area contributed by atoms with Gasteiger partial charge < -0.3 is 0 Å². The summed E-state index contributed by atoms with van der Waals surface area (Å²) in [5, 5.41) is 0. The van der Waals surface area contributed by atoms with Crippen LogP contribution in [0.4, 0.5) is 0 Å². The fourth-order valence-electron chi connectivity index (χ4n) is 0. The second-order valence-electron chi connectivity index (χ2n) is 0.0833. The molecule has 5 heteroatoms. The number of hydrogen-bond acceptors (Lipinski definition) is 3. The summed E-state index contributed by atoms with van der Waals surface area (Å²) >= 11 is 2.86. The third kappa shape index (κ3) is 24.4. The van der Waals surface area contributed by atoms with Crippen LogP contribution >= 0.6 is 29.2 Å². The van der Waals surface area contributed by atoms with Crippen molar-refractivity contribution in [1.29, 1.82) is 0 Å². The van der Waals surface area contributed by atoms with E-state index in [-0.39, 0.29) is 0 Å². The molecule has 0 aromatic heterocycles. The Bertz CT molecular complexity index is 36.2. The summed E-state index contributed by atoms with van der Waals surface area (Å²) in [7, 11) is 12.5. The van der Waals surface area contributed by atoms with E-state index in [1.807, 2.05) is 0 Å². The van der Waals surface area contributed by atoms with Crippen LogP contribution in [-0.4, -0.2) is 17.3 Å². The van der Waals surface area contributed by atoms with Crippen LogP contribution in [-0.2, 0) is 13.9 Å². The molecule has 0 aliphatic rings. The van der Waals surface area contributed by atoms with E-state index in [1.54, 1.807) is 0 Å². The van der Waals surface area contributed by atoms with Crippen LogP contribution in [0.25, 0.3) is 0 Å². The molecule has 0 N–H and O–H groups in total. The maximum absolute atomic E-state index is 4.38. The quantitative estimate of drug-likeness (QED) is 0.615. The molecule has 0 spiro atoms. The van der Waals surface area contributed by atoms with Crippen molar-refractivity contribution in [1.82, 2.24) is 0 Å². The van der Waals surface area contributed by atoms with Crippen molar-refractivity contribution in [3.63, 3.8) is 0 Å². The SMILES string of the molecule is [S]=[Ni].[S]=[Sn]=[S]. The summed E-state index contributed by atoms with van der Waals surface area (Å²) in [5.41, 5.74) is 0. The van der Waals surface area contributed by atoms with Crippen LogP contribution in [0.5, 0.6) is 0 Å². The van der Waals surface area contributed by atoms with Gasteiger partial charge in [0, 0.05) is 0 Å². The summed E-state index contributed by atoms with van der Waals surface area (Å²) in [4.78, 5) is 0. The minimum absolute atomic E-state index is 0.603. The molecular weight excluding hydrogens is 274 g/mol. The van der Waals surface area contributed by atoms with Crippen LogP contribution in [0.1, 0.15) is 0 Å². The minimum atomic E-state index is -0.603. The molecule has 0 saturated carbocycles. The molecule has 32 valence electrons. The van der Waals surface area contributed by atoms with E-state index in [2.05, 4.69) is 43.1 Å². The molecule has 0 aromatic rings. The summed E-state index contributed by atoms with van der Waals surface area (Å²) < 4.78 is 0. The predicted octanol–water partition coefficient (Wildman–Crippen LogP) is 1.56. The Kier molecular flexibility index (Phi) is 33.6. The molecule has 0 radical (unpaired) electrons. The van der Waals surface area contributed by atoms with Gasteiger partial charge in [-0.1, -0.05) is 0 Å². The van der Waals surface area contributed by atoms with Crippen molar-refractivity contribution in [3.05, 3.63) is 0 Å². The Labute approximate surface area is 59.5 Å². The Morgan fingerprint density at radius 1 is 1.20 bits per heavy atom. The van der Waals surface area contributed by atoms with Gasteiger partial charge in [0.15, 0.2) is 0 Å². The van der Waals surface area contributed by atoms with Crippen LogP contribution in [0.2, 0.25) is 0 Å². The van der Waals surface area contributed by atoms with E-state index in [0.29, 0.717) is 0 Å². The predicted molar refractivity (Wildman–Crippen MR) is 28.5 cm³/mol. The molecular formula is NiS3Sn. The molecule has 0 atom stereocenters. The number of rotatable bonds is 0. The van der Waals surface area contributed by atoms with Gasteiger partial charge in [-0.15, -0.1) is 0 Å². The van der Waals surface area contributed by atoms with Crippen LogP contribution in [0.15, 0.2) is 0 Å². The van der Waals surface area contributed by atoms with Gasteiger partial charge in [0.1, 0.15) is 0 Å². The molecule has 0 amide bonds. The first-order valence-electron chi connectivity index (χ1n) is 0.537. The van der Waals surface area contributed by atoms with Crippen LogP contribution < -0.4 is 0 Å². The summed E-state index contributed by atoms with van der Waals surface area (Å²) in [5.74, 6) is 0. The van der Waals surface area contributed by atoms with Crippen molar-refractivity contribution in [3.8, 4) is 0 Å². The van der Waals surface area contributed by atoms with Crippen molar-refractivity contribution >= 4 is 46.5 Å². The van der Waals surface area contributed by atoms with Gasteiger partial charge in [0.2, 0.25) is 0 Å². The molecule has 5 heavy (non-hydrogen) atoms. The van der Waals surface area contributed by atoms with E-state index in [0.717, 1.165) is 0 Å². The molecule has 0 heterocycles. The molecule has 0 bridgehead atoms. The van der Waals surface area contributed by atoms with E-state index in [4.69, 9.17) is 0 Å². The molecule has 0 nitrogen and oxygen atoms in total. The average Bonchev–Trinajstić information content (AvgIpc) is 1.46. The van der Waals surface area contributed by atoms with Gasteiger partial charge in [-0.05, 0) is 0 Å². The zero-order valence-electron chi connectivity index (χ0n) is 2.04. The monoisotopic (exact) mass is 274 g/mol. The van der Waals surface area contributed by atoms with Gasteiger partial charge in [0.25, 0.3) is 0 Å². The number of hydrogen-bond donors (Lipinski definition) is 0. The fourth-order valence-corrected chi connectivity index (χ4v) is 0. The summed E-state index contributed by atoms with van der Waals surface area (Å²) in [6.07, 6.45) is 0. The molecule has 0 saturated heterocycles. The Hall–Kier alpha value is 1.95. The summed E-state index contributed by atoms with van der Waals surface area (Å²) in [6.45, 7) is 0. The van der Waals surface area contributed by atoms with E-state index >= 15 is 0 Å². The normalized spacial score (nSPS) is 2.80. The average molecular weight is 274 g/mol. The molecule has 0 aliphatic heterocycles. The van der Waals surface area contributed by atoms with Crippen molar-refractivity contribution in [2.45, 2.75) is 0 Å². The first-order valence-corrected chi connectivity index (χ1v) is 9.81. The topological polar surface area (TPSA) is 0 Å². The molecule has 0 rings (SSSR count). The van der Waals surface area contributed by atoms with Crippen molar-refractivity contribution in [2.24, 2.45) is 0 Å². The maximum atomic E-state index is 4.38. The second kappa shape index (κ2) is 16.7. The van der Waals surface area contributed by atoms with E-state index in [9.17, 15) is 0 Å². The fraction of sp³-hybridized carbons (Fsp3) is 0. The Morgan fingerprint density at radius 3 is 1.20 bits per heavy atom. The third-order valence-corrected chi connectivity index (χ3v) is 0.